The van der Waals surface area contributed by atoms with Crippen molar-refractivity contribution >= 4 is 39.1 Å². The lowest BCUT2D eigenvalue weighted by Crippen LogP contribution is -2.53. The highest BCUT2D eigenvalue weighted by Crippen LogP contribution is 2.34. The first kappa shape index (κ1) is 22.2. The highest BCUT2D eigenvalue weighted by atomic mass is 32.2. The second-order valence-corrected chi connectivity index (χ2v) is 10.3. The van der Waals surface area contributed by atoms with Crippen molar-refractivity contribution in [3.63, 3.8) is 0 Å². The minimum Gasteiger partial charge on any atom is -0.344 e. The molecule has 0 bridgehead atoms. The second kappa shape index (κ2) is 8.16. The largest absolute Gasteiger partial charge is 0.344 e. The van der Waals surface area contributed by atoms with Gasteiger partial charge in [0.25, 0.3) is 10.0 Å². The third-order valence-corrected chi connectivity index (χ3v) is 7.43. The summed E-state index contributed by atoms with van der Waals surface area (Å²) in [6.45, 7) is 6.16. The van der Waals surface area contributed by atoms with Crippen LogP contribution in [-0.4, -0.2) is 56.4 Å². The standard InChI is InChI=1S/C22H26N4O5S/c1-13(2)8-11-26-17-7-5-4-6-15(17)20(28)19(22(26)29)21-23-16-9-10-25(14(3)27)12-18(16)32(30,31)24-21/h4-7,13,19H,8-12H2,1-3H3,(H,23,24). The van der Waals surface area contributed by atoms with E-state index in [0.717, 1.165) is 6.42 Å². The minimum atomic E-state index is -4.13. The van der Waals surface area contributed by atoms with Crippen LogP contribution >= 0.6 is 0 Å². The fraction of sp³-hybridized carbons (Fsp3) is 0.455. The van der Waals surface area contributed by atoms with E-state index in [1.54, 1.807) is 29.2 Å². The molecule has 1 atom stereocenters. The molecule has 0 saturated heterocycles. The van der Waals surface area contributed by atoms with Crippen LogP contribution in [0.4, 0.5) is 5.69 Å². The molecule has 4 rings (SSSR count). The third kappa shape index (κ3) is 3.83. The zero-order valence-electron chi connectivity index (χ0n) is 18.3. The first-order valence-electron chi connectivity index (χ1n) is 10.6. The number of carbonyl (C=O) groups is 3. The van der Waals surface area contributed by atoms with E-state index < -0.39 is 27.6 Å². The number of fused-ring (bicyclic) bond motifs is 1. The van der Waals surface area contributed by atoms with Crippen molar-refractivity contribution in [1.82, 2.24) is 10.2 Å². The number of amidine groups is 1. The molecule has 32 heavy (non-hydrogen) atoms. The SMILES string of the molecule is CC(=O)N1CCC2=C(C1)S(=O)(=O)N=C(C1C(=O)c3ccccc3N(CCC(C)C)C1=O)N2. The molecule has 170 valence electrons. The molecule has 0 fully saturated rings. The lowest BCUT2D eigenvalue weighted by molar-refractivity contribution is -0.128. The number of Topliss-reactive ketones (excluding diaryl/α,β-unsaturated/α-hetero) is 1. The van der Waals surface area contributed by atoms with Crippen molar-refractivity contribution in [1.29, 1.82) is 0 Å². The lowest BCUT2D eigenvalue weighted by Gasteiger charge is -2.36. The van der Waals surface area contributed by atoms with Crippen molar-refractivity contribution in [3.8, 4) is 0 Å². The number of amides is 2. The molecule has 3 aliphatic heterocycles. The third-order valence-electron chi connectivity index (χ3n) is 6.00. The molecule has 0 saturated carbocycles. The summed E-state index contributed by atoms with van der Waals surface area (Å²) < 4.78 is 29.7. The van der Waals surface area contributed by atoms with Crippen molar-refractivity contribution in [2.75, 3.05) is 24.5 Å². The maximum absolute atomic E-state index is 13.4. The number of carbonyl (C=O) groups excluding carboxylic acids is 3. The van der Waals surface area contributed by atoms with E-state index in [-0.39, 0.29) is 29.6 Å². The van der Waals surface area contributed by atoms with Crippen LogP contribution in [0.3, 0.4) is 0 Å². The Balaban J connectivity index is 1.72. The van der Waals surface area contributed by atoms with Crippen LogP contribution in [0, 0.1) is 11.8 Å². The van der Waals surface area contributed by atoms with Gasteiger partial charge in [-0.2, -0.15) is 8.42 Å². The average molecular weight is 459 g/mol. The van der Waals surface area contributed by atoms with Gasteiger partial charge in [0.2, 0.25) is 11.8 Å². The number of rotatable bonds is 4. The van der Waals surface area contributed by atoms with Crippen LogP contribution in [0.15, 0.2) is 39.3 Å². The Labute approximate surface area is 187 Å². The van der Waals surface area contributed by atoms with Gasteiger partial charge in [0.15, 0.2) is 11.7 Å². The van der Waals surface area contributed by atoms with E-state index >= 15 is 0 Å². The Hall–Kier alpha value is -3.01. The van der Waals surface area contributed by atoms with Gasteiger partial charge in [0, 0.05) is 37.7 Å². The Kier molecular flexibility index (Phi) is 5.66. The van der Waals surface area contributed by atoms with Crippen LogP contribution in [0.2, 0.25) is 0 Å². The first-order valence-corrected chi connectivity index (χ1v) is 12.1. The maximum atomic E-state index is 13.4. The number of benzene rings is 1. The van der Waals surface area contributed by atoms with Crippen LogP contribution in [0.25, 0.3) is 0 Å². The van der Waals surface area contributed by atoms with Gasteiger partial charge in [-0.1, -0.05) is 26.0 Å². The van der Waals surface area contributed by atoms with Gasteiger partial charge < -0.3 is 15.1 Å². The highest BCUT2D eigenvalue weighted by Gasteiger charge is 2.45. The monoisotopic (exact) mass is 458 g/mol. The second-order valence-electron chi connectivity index (χ2n) is 8.66. The Morgan fingerprint density at radius 1 is 1.25 bits per heavy atom. The predicted octanol–water partition coefficient (Wildman–Crippen LogP) is 1.67. The van der Waals surface area contributed by atoms with E-state index in [0.29, 0.717) is 36.0 Å². The normalized spacial score (nSPS) is 22.4. The fourth-order valence-electron chi connectivity index (χ4n) is 4.18. The number of sulfonamides is 1. The van der Waals surface area contributed by atoms with E-state index in [2.05, 4.69) is 9.71 Å². The van der Waals surface area contributed by atoms with Gasteiger partial charge in [-0.05, 0) is 24.5 Å². The van der Waals surface area contributed by atoms with E-state index in [1.807, 2.05) is 13.8 Å². The van der Waals surface area contributed by atoms with Gasteiger partial charge >= 0.3 is 0 Å². The number of hydrogen-bond donors (Lipinski definition) is 1. The Morgan fingerprint density at radius 3 is 2.66 bits per heavy atom. The van der Waals surface area contributed by atoms with E-state index in [1.165, 1.54) is 11.8 Å². The summed E-state index contributed by atoms with van der Waals surface area (Å²) in [7, 11) is -4.13. The van der Waals surface area contributed by atoms with Crippen molar-refractivity contribution < 1.29 is 22.8 Å². The topological polar surface area (TPSA) is 116 Å². The molecule has 9 nitrogen and oxygen atoms in total. The van der Waals surface area contributed by atoms with Crippen LogP contribution < -0.4 is 10.2 Å². The molecule has 0 spiro atoms. The number of hydrogen-bond acceptors (Lipinski definition) is 6. The number of anilines is 1. The zero-order chi connectivity index (χ0) is 23.2. The molecule has 0 aromatic heterocycles. The van der Waals surface area contributed by atoms with Gasteiger partial charge in [0.1, 0.15) is 10.7 Å². The first-order chi connectivity index (χ1) is 15.1. The molecule has 1 N–H and O–H groups in total. The quantitative estimate of drug-likeness (QED) is 0.686. The molecule has 1 aromatic carbocycles. The van der Waals surface area contributed by atoms with Gasteiger partial charge in [-0.15, -0.1) is 4.40 Å². The summed E-state index contributed by atoms with van der Waals surface area (Å²) in [5.41, 5.74) is 1.29. The molecule has 3 aliphatic rings. The number of nitrogens with zero attached hydrogens (tertiary/aromatic N) is 3. The van der Waals surface area contributed by atoms with Crippen molar-refractivity contribution in [2.24, 2.45) is 16.2 Å². The molecular formula is C22H26N4O5S. The molecule has 10 heteroatoms. The predicted molar refractivity (Wildman–Crippen MR) is 119 cm³/mol. The van der Waals surface area contributed by atoms with Crippen LogP contribution in [0.1, 0.15) is 44.0 Å². The zero-order valence-corrected chi connectivity index (χ0v) is 19.1. The summed E-state index contributed by atoms with van der Waals surface area (Å²) in [5, 5.41) is 2.96. The van der Waals surface area contributed by atoms with Crippen molar-refractivity contribution in [2.45, 2.75) is 33.6 Å². The molecule has 0 aliphatic carbocycles. The van der Waals surface area contributed by atoms with Gasteiger partial charge in [0.05, 0.1) is 12.2 Å². The summed E-state index contributed by atoms with van der Waals surface area (Å²) in [6.07, 6.45) is 1.01. The fourth-order valence-corrected chi connectivity index (χ4v) is 5.48. The van der Waals surface area contributed by atoms with E-state index in [9.17, 15) is 22.8 Å². The van der Waals surface area contributed by atoms with Gasteiger partial charge in [-0.25, -0.2) is 0 Å². The molecule has 1 aromatic rings. The maximum Gasteiger partial charge on any atom is 0.283 e. The van der Waals surface area contributed by atoms with Crippen LogP contribution in [-0.2, 0) is 19.6 Å². The minimum absolute atomic E-state index is 0.00970. The average Bonchev–Trinajstić information content (AvgIpc) is 2.73. The number of para-hydroxylation sites is 1. The molecular weight excluding hydrogens is 432 g/mol. The summed E-state index contributed by atoms with van der Waals surface area (Å²) in [5.74, 6) is -2.36. The summed E-state index contributed by atoms with van der Waals surface area (Å²) >= 11 is 0. The van der Waals surface area contributed by atoms with E-state index in [4.69, 9.17) is 0 Å². The number of nitrogens with one attached hydrogen (secondary N) is 1. The lowest BCUT2D eigenvalue weighted by atomic mass is 9.88. The van der Waals surface area contributed by atoms with Crippen LogP contribution in [0.5, 0.6) is 0 Å². The molecule has 2 amide bonds. The van der Waals surface area contributed by atoms with Gasteiger partial charge in [-0.3, -0.25) is 14.4 Å². The summed E-state index contributed by atoms with van der Waals surface area (Å²) in [4.78, 5) is 41.4. The smallest absolute Gasteiger partial charge is 0.283 e. The number of ketones is 1. The summed E-state index contributed by atoms with van der Waals surface area (Å²) in [6, 6.07) is 6.86. The highest BCUT2D eigenvalue weighted by molar-refractivity contribution is 7.94. The Bertz CT molecular complexity index is 1170. The Morgan fingerprint density at radius 2 is 1.97 bits per heavy atom. The van der Waals surface area contributed by atoms with Crippen molar-refractivity contribution in [3.05, 3.63) is 40.4 Å². The molecule has 1 unspecified atom stereocenters. The molecule has 3 heterocycles. The molecule has 0 radical (unpaired) electrons.